The van der Waals surface area contributed by atoms with E-state index in [-0.39, 0.29) is 10.2 Å². The molecule has 0 bridgehead atoms. The van der Waals surface area contributed by atoms with E-state index in [2.05, 4.69) is 0 Å². The lowest BCUT2D eigenvalue weighted by Gasteiger charge is -2.21. The topological polar surface area (TPSA) is 66.8 Å². The van der Waals surface area contributed by atoms with Gasteiger partial charge in [-0.2, -0.15) is 0 Å². The van der Waals surface area contributed by atoms with E-state index >= 15 is 0 Å². The number of ether oxygens (including phenoxy) is 1. The number of carbonyl (C=O) groups excluding carboxylic acids is 1. The second kappa shape index (κ2) is 6.93. The molecule has 1 aliphatic heterocycles. The quantitative estimate of drug-likeness (QED) is 0.658. The highest BCUT2D eigenvalue weighted by Gasteiger charge is 2.39. The fourth-order valence-electron chi connectivity index (χ4n) is 2.07. The fourth-order valence-corrected chi connectivity index (χ4v) is 3.42. The maximum Gasteiger partial charge on any atom is 0.326 e. The number of hydrogen-bond donors (Lipinski definition) is 1. The molecule has 1 aromatic carbocycles. The summed E-state index contributed by atoms with van der Waals surface area (Å²) in [6.45, 7) is 1.71. The van der Waals surface area contributed by atoms with Crippen LogP contribution in [0.25, 0.3) is 6.08 Å². The lowest BCUT2D eigenvalue weighted by molar-refractivity contribution is -0.145. The Hall–Kier alpha value is -1.86. The number of carboxylic acid groups (broad SMARTS) is 1. The molecule has 7 heteroatoms. The zero-order chi connectivity index (χ0) is 16.3. The van der Waals surface area contributed by atoms with Crippen LogP contribution in [-0.4, -0.2) is 39.4 Å². The van der Waals surface area contributed by atoms with Crippen molar-refractivity contribution < 1.29 is 19.4 Å². The number of thioether (sulfide) groups is 1. The normalized spacial score (nSPS) is 17.9. The lowest BCUT2D eigenvalue weighted by atomic mass is 10.1. The molecule has 116 valence electrons. The van der Waals surface area contributed by atoms with Crippen molar-refractivity contribution in [2.45, 2.75) is 19.4 Å². The number of nitrogens with zero attached hydrogens (tertiary/aromatic N) is 1. The summed E-state index contributed by atoms with van der Waals surface area (Å²) in [6, 6.07) is 6.30. The Morgan fingerprint density at radius 3 is 2.59 bits per heavy atom. The Morgan fingerprint density at radius 1 is 1.45 bits per heavy atom. The summed E-state index contributed by atoms with van der Waals surface area (Å²) in [5.41, 5.74) is 0.824. The Labute approximate surface area is 137 Å². The van der Waals surface area contributed by atoms with E-state index in [1.165, 1.54) is 4.90 Å². The molecule has 1 aromatic rings. The third-order valence-electron chi connectivity index (χ3n) is 3.22. The Kier molecular flexibility index (Phi) is 5.20. The van der Waals surface area contributed by atoms with E-state index in [4.69, 9.17) is 17.0 Å². The van der Waals surface area contributed by atoms with E-state index in [1.54, 1.807) is 32.2 Å². The van der Waals surface area contributed by atoms with Gasteiger partial charge in [-0.15, -0.1) is 0 Å². The van der Waals surface area contributed by atoms with Gasteiger partial charge in [0.1, 0.15) is 16.1 Å². The van der Waals surface area contributed by atoms with Crippen LogP contribution in [0.2, 0.25) is 0 Å². The van der Waals surface area contributed by atoms with Crippen LogP contribution < -0.4 is 4.74 Å². The molecule has 0 aliphatic carbocycles. The second-order valence-electron chi connectivity index (χ2n) is 4.59. The van der Waals surface area contributed by atoms with Crippen molar-refractivity contribution in [2.75, 3.05) is 7.11 Å². The summed E-state index contributed by atoms with van der Waals surface area (Å²) in [5.74, 6) is -0.689. The molecule has 0 radical (unpaired) electrons. The minimum atomic E-state index is -1.05. The zero-order valence-corrected chi connectivity index (χ0v) is 13.7. The van der Waals surface area contributed by atoms with Gasteiger partial charge in [0, 0.05) is 0 Å². The maximum absolute atomic E-state index is 12.4. The van der Waals surface area contributed by atoms with Gasteiger partial charge in [0.15, 0.2) is 0 Å². The molecule has 1 aliphatic rings. The number of carbonyl (C=O) groups is 2. The highest BCUT2D eigenvalue weighted by atomic mass is 32.2. The smallest absolute Gasteiger partial charge is 0.326 e. The molecule has 1 heterocycles. The molecule has 0 spiro atoms. The van der Waals surface area contributed by atoms with Gasteiger partial charge in [0.25, 0.3) is 5.91 Å². The number of carboxylic acids is 1. The molecule has 5 nitrogen and oxygen atoms in total. The van der Waals surface area contributed by atoms with Crippen molar-refractivity contribution in [3.8, 4) is 5.75 Å². The third-order valence-corrected chi connectivity index (χ3v) is 4.55. The molecular formula is C15H15NO4S2. The highest BCUT2D eigenvalue weighted by molar-refractivity contribution is 8.26. The van der Waals surface area contributed by atoms with Crippen molar-refractivity contribution in [3.05, 3.63) is 34.7 Å². The van der Waals surface area contributed by atoms with Gasteiger partial charge in [-0.3, -0.25) is 9.69 Å². The molecule has 0 unspecified atom stereocenters. The maximum atomic E-state index is 12.4. The van der Waals surface area contributed by atoms with Crippen LogP contribution in [0, 0.1) is 0 Å². The van der Waals surface area contributed by atoms with E-state index in [9.17, 15) is 14.7 Å². The summed E-state index contributed by atoms with van der Waals surface area (Å²) in [5, 5.41) is 9.21. The average Bonchev–Trinajstić information content (AvgIpc) is 2.76. The van der Waals surface area contributed by atoms with E-state index in [1.807, 2.05) is 12.1 Å². The lowest BCUT2D eigenvalue weighted by Crippen LogP contribution is -2.43. The molecule has 2 rings (SSSR count). The molecule has 1 amide bonds. The van der Waals surface area contributed by atoms with Gasteiger partial charge in [0.2, 0.25) is 0 Å². The van der Waals surface area contributed by atoms with Gasteiger partial charge < -0.3 is 9.84 Å². The SMILES string of the molecule is CC[C@@H](C(=O)O)N1C(=O)/C(=C\c2ccc(OC)cc2)SC1=S. The molecule has 0 aromatic heterocycles. The molecular weight excluding hydrogens is 322 g/mol. The van der Waals surface area contributed by atoms with Gasteiger partial charge in [0.05, 0.1) is 12.0 Å². The van der Waals surface area contributed by atoms with Crippen LogP contribution in [0.1, 0.15) is 18.9 Å². The van der Waals surface area contributed by atoms with E-state index in [0.717, 1.165) is 23.1 Å². The second-order valence-corrected chi connectivity index (χ2v) is 6.26. The molecule has 1 N–H and O–H groups in total. The van der Waals surface area contributed by atoms with Crippen LogP contribution in [0.3, 0.4) is 0 Å². The number of rotatable bonds is 5. The van der Waals surface area contributed by atoms with Crippen LogP contribution in [-0.2, 0) is 9.59 Å². The predicted octanol–water partition coefficient (Wildman–Crippen LogP) is 2.76. The monoisotopic (exact) mass is 337 g/mol. The predicted molar refractivity (Wildman–Crippen MR) is 89.7 cm³/mol. The summed E-state index contributed by atoms with van der Waals surface area (Å²) in [6.07, 6.45) is 2.00. The minimum absolute atomic E-state index is 0.277. The molecule has 22 heavy (non-hydrogen) atoms. The van der Waals surface area contributed by atoms with Crippen molar-refractivity contribution in [1.82, 2.24) is 4.90 Å². The Bertz CT molecular complexity index is 639. The van der Waals surface area contributed by atoms with Crippen LogP contribution in [0.4, 0.5) is 0 Å². The minimum Gasteiger partial charge on any atom is -0.497 e. The van der Waals surface area contributed by atoms with E-state index < -0.39 is 12.0 Å². The fraction of sp³-hybridized carbons (Fsp3) is 0.267. The molecule has 1 atom stereocenters. The van der Waals surface area contributed by atoms with Crippen molar-refractivity contribution in [3.63, 3.8) is 0 Å². The first kappa shape index (κ1) is 16.5. The van der Waals surface area contributed by atoms with Crippen molar-refractivity contribution in [2.24, 2.45) is 0 Å². The third kappa shape index (κ3) is 3.31. The Balaban J connectivity index is 2.26. The average molecular weight is 337 g/mol. The summed E-state index contributed by atoms with van der Waals surface area (Å²) in [7, 11) is 1.58. The number of benzene rings is 1. The zero-order valence-electron chi connectivity index (χ0n) is 12.1. The number of hydrogen-bond acceptors (Lipinski definition) is 5. The largest absolute Gasteiger partial charge is 0.497 e. The van der Waals surface area contributed by atoms with Crippen LogP contribution in [0.5, 0.6) is 5.75 Å². The standard InChI is InChI=1S/C15H15NO4S2/c1-3-11(14(18)19)16-13(17)12(22-15(16)21)8-9-4-6-10(20-2)7-5-9/h4-8,11H,3H2,1-2H3,(H,18,19)/b12-8+/t11-/m0/s1. The molecule has 1 fully saturated rings. The van der Waals surface area contributed by atoms with Gasteiger partial charge >= 0.3 is 5.97 Å². The van der Waals surface area contributed by atoms with Gasteiger partial charge in [-0.1, -0.05) is 43.0 Å². The first-order valence-electron chi connectivity index (χ1n) is 6.61. The number of aliphatic carboxylic acids is 1. The Morgan fingerprint density at radius 2 is 2.09 bits per heavy atom. The summed E-state index contributed by atoms with van der Waals surface area (Å²) in [4.78, 5) is 25.3. The number of amides is 1. The van der Waals surface area contributed by atoms with Gasteiger partial charge in [-0.25, -0.2) is 4.79 Å². The highest BCUT2D eigenvalue weighted by Crippen LogP contribution is 2.34. The van der Waals surface area contributed by atoms with Gasteiger partial charge in [-0.05, 0) is 30.2 Å². The molecule has 0 saturated carbocycles. The first-order valence-corrected chi connectivity index (χ1v) is 7.84. The number of thiocarbonyl (C=S) groups is 1. The number of methoxy groups -OCH3 is 1. The van der Waals surface area contributed by atoms with Crippen molar-refractivity contribution in [1.29, 1.82) is 0 Å². The summed E-state index contributed by atoms with van der Waals surface area (Å²) >= 11 is 6.28. The first-order chi connectivity index (χ1) is 10.5. The molecule has 1 saturated heterocycles. The summed E-state index contributed by atoms with van der Waals surface area (Å²) < 4.78 is 5.36. The van der Waals surface area contributed by atoms with Crippen LogP contribution in [0.15, 0.2) is 29.2 Å². The van der Waals surface area contributed by atoms with E-state index in [0.29, 0.717) is 11.3 Å². The van der Waals surface area contributed by atoms with Crippen molar-refractivity contribution >= 4 is 46.3 Å². The van der Waals surface area contributed by atoms with Crippen LogP contribution >= 0.6 is 24.0 Å².